The Balaban J connectivity index is 1.70. The predicted octanol–water partition coefficient (Wildman–Crippen LogP) is 5.24. The third kappa shape index (κ3) is 11.4. The zero-order valence-electron chi connectivity index (χ0n) is 26.4. The Hall–Kier alpha value is -3.69. The second-order valence-corrected chi connectivity index (χ2v) is 11.4. The lowest BCUT2D eigenvalue weighted by Crippen LogP contribution is -2.51. The van der Waals surface area contributed by atoms with E-state index in [9.17, 15) is 18.4 Å². The molecule has 44 heavy (non-hydrogen) atoms. The van der Waals surface area contributed by atoms with Crippen LogP contribution in [0.5, 0.6) is 0 Å². The third-order valence-electron chi connectivity index (χ3n) is 7.32. The van der Waals surface area contributed by atoms with Crippen LogP contribution in [0.25, 0.3) is 0 Å². The topological polar surface area (TPSA) is 97.6 Å². The summed E-state index contributed by atoms with van der Waals surface area (Å²) in [5, 5.41) is 2.95. The number of ether oxygens (including phenoxy) is 1. The zero-order valence-corrected chi connectivity index (χ0v) is 26.4. The first-order valence-corrected chi connectivity index (χ1v) is 15.5. The van der Waals surface area contributed by atoms with Crippen LogP contribution >= 0.6 is 0 Å². The molecule has 0 saturated carbocycles. The molecule has 9 heteroatoms. The summed E-state index contributed by atoms with van der Waals surface area (Å²) >= 11 is 0. The number of hydrogen-bond acceptors (Lipinski definition) is 5. The van der Waals surface area contributed by atoms with E-state index >= 15 is 0 Å². The van der Waals surface area contributed by atoms with Crippen LogP contribution in [0, 0.1) is 18.6 Å². The largest absolute Gasteiger partial charge is 0.375 e. The van der Waals surface area contributed by atoms with Crippen molar-refractivity contribution in [1.29, 1.82) is 0 Å². The Kier molecular flexibility index (Phi) is 13.9. The smallest absolute Gasteiger partial charge is 0.226 e. The van der Waals surface area contributed by atoms with Crippen molar-refractivity contribution in [3.05, 3.63) is 99.9 Å². The second-order valence-electron chi connectivity index (χ2n) is 11.4. The number of benzene rings is 2. The highest BCUT2D eigenvalue weighted by Crippen LogP contribution is 2.14. The Bertz CT molecular complexity index is 1360. The molecule has 0 aliphatic carbocycles. The van der Waals surface area contributed by atoms with Crippen LogP contribution in [0.2, 0.25) is 0 Å². The second kappa shape index (κ2) is 17.6. The molecule has 2 aromatic carbocycles. The molecule has 0 aliphatic heterocycles. The molecule has 3 aromatic rings. The van der Waals surface area contributed by atoms with Crippen molar-refractivity contribution in [2.45, 2.75) is 84.9 Å². The molecule has 0 fully saturated rings. The van der Waals surface area contributed by atoms with Gasteiger partial charge in [0, 0.05) is 30.9 Å². The molecule has 238 valence electrons. The maximum absolute atomic E-state index is 14.0. The monoisotopic (exact) mass is 608 g/mol. The minimum Gasteiger partial charge on any atom is -0.375 e. The molecule has 0 bridgehead atoms. The summed E-state index contributed by atoms with van der Waals surface area (Å²) < 4.78 is 33.8. The number of nitrogens with two attached hydrogens (primary N) is 1. The van der Waals surface area contributed by atoms with Crippen molar-refractivity contribution in [1.82, 2.24) is 15.2 Å². The number of carbonyl (C=O) groups is 2. The molecular formula is C35H46F2N4O3. The van der Waals surface area contributed by atoms with Crippen LogP contribution < -0.4 is 11.1 Å². The summed E-state index contributed by atoms with van der Waals surface area (Å²) in [6, 6.07) is 13.7. The molecule has 0 spiro atoms. The minimum absolute atomic E-state index is 0.0398. The highest BCUT2D eigenvalue weighted by molar-refractivity contribution is 5.80. The van der Waals surface area contributed by atoms with E-state index < -0.39 is 23.7 Å². The van der Waals surface area contributed by atoms with E-state index in [0.717, 1.165) is 36.5 Å². The lowest BCUT2D eigenvalue weighted by molar-refractivity contribution is -0.130. The Morgan fingerprint density at radius 1 is 0.909 bits per heavy atom. The molecular weight excluding hydrogens is 562 g/mol. The first-order chi connectivity index (χ1) is 21.1. The first kappa shape index (κ1) is 34.8. The van der Waals surface area contributed by atoms with Gasteiger partial charge >= 0.3 is 0 Å². The maximum Gasteiger partial charge on any atom is 0.226 e. The first-order valence-electron chi connectivity index (χ1n) is 15.5. The molecule has 1 heterocycles. The Morgan fingerprint density at radius 2 is 1.59 bits per heavy atom. The van der Waals surface area contributed by atoms with Crippen LogP contribution in [-0.2, 0) is 46.6 Å². The standard InChI is InChI=1S/C35H46F2N4O3/c1-5-11-41(12-6-2)35(43)19-27-13-24(4)39-31(17-27)21-34(42)40-33(18-28-15-29(36)20-30(37)16-28)32(38)23-44-22-26-10-8-9-25(7-3)14-26/h8-10,13-17,20,32-33H,5-7,11-12,18-19,21-23,38H2,1-4H3,(H,40,42)/t32?,33-/m0/s1. The van der Waals surface area contributed by atoms with Gasteiger partial charge in [-0.3, -0.25) is 14.6 Å². The van der Waals surface area contributed by atoms with E-state index in [4.69, 9.17) is 10.5 Å². The molecule has 7 nitrogen and oxygen atoms in total. The molecule has 1 aromatic heterocycles. The molecule has 0 radical (unpaired) electrons. The minimum atomic E-state index is -0.701. The summed E-state index contributed by atoms with van der Waals surface area (Å²) in [5.41, 5.74) is 11.1. The summed E-state index contributed by atoms with van der Waals surface area (Å²) in [6.07, 6.45) is 2.98. The fourth-order valence-corrected chi connectivity index (χ4v) is 5.28. The van der Waals surface area contributed by atoms with Gasteiger partial charge in [-0.05, 0) is 79.1 Å². The van der Waals surface area contributed by atoms with Gasteiger partial charge in [-0.15, -0.1) is 0 Å². The predicted molar refractivity (Wildman–Crippen MR) is 169 cm³/mol. The van der Waals surface area contributed by atoms with Gasteiger partial charge in [-0.25, -0.2) is 8.78 Å². The number of aromatic nitrogens is 1. The number of hydrogen-bond donors (Lipinski definition) is 2. The fourth-order valence-electron chi connectivity index (χ4n) is 5.28. The van der Waals surface area contributed by atoms with Crippen LogP contribution in [0.15, 0.2) is 54.6 Å². The van der Waals surface area contributed by atoms with E-state index in [1.165, 1.54) is 17.7 Å². The van der Waals surface area contributed by atoms with E-state index in [0.29, 0.717) is 36.6 Å². The average Bonchev–Trinajstić information content (AvgIpc) is 2.96. The van der Waals surface area contributed by atoms with Crippen molar-refractivity contribution in [2.75, 3.05) is 19.7 Å². The molecule has 1 unspecified atom stereocenters. The van der Waals surface area contributed by atoms with Crippen LogP contribution in [0.3, 0.4) is 0 Å². The summed E-state index contributed by atoms with van der Waals surface area (Å²) in [5.74, 6) is -1.70. The number of nitrogens with one attached hydrogen (secondary N) is 1. The molecule has 3 N–H and O–H groups in total. The van der Waals surface area contributed by atoms with Gasteiger partial charge in [-0.2, -0.15) is 0 Å². The van der Waals surface area contributed by atoms with Crippen molar-refractivity contribution in [2.24, 2.45) is 5.73 Å². The van der Waals surface area contributed by atoms with Gasteiger partial charge in [0.05, 0.1) is 37.8 Å². The highest BCUT2D eigenvalue weighted by atomic mass is 19.1. The van der Waals surface area contributed by atoms with E-state index in [1.54, 1.807) is 6.07 Å². The Morgan fingerprint density at radius 3 is 2.25 bits per heavy atom. The van der Waals surface area contributed by atoms with Crippen molar-refractivity contribution in [3.8, 4) is 0 Å². The van der Waals surface area contributed by atoms with E-state index in [1.807, 2.05) is 43.9 Å². The van der Waals surface area contributed by atoms with Crippen LogP contribution in [0.4, 0.5) is 8.78 Å². The van der Waals surface area contributed by atoms with Crippen molar-refractivity contribution in [3.63, 3.8) is 0 Å². The van der Waals surface area contributed by atoms with E-state index in [2.05, 4.69) is 29.4 Å². The van der Waals surface area contributed by atoms with Gasteiger partial charge in [0.2, 0.25) is 11.8 Å². The number of halogens is 2. The van der Waals surface area contributed by atoms with Gasteiger partial charge in [0.15, 0.2) is 0 Å². The van der Waals surface area contributed by atoms with E-state index in [-0.39, 0.29) is 37.7 Å². The van der Waals surface area contributed by atoms with Gasteiger partial charge in [0.1, 0.15) is 11.6 Å². The lowest BCUT2D eigenvalue weighted by atomic mass is 9.99. The van der Waals surface area contributed by atoms with Crippen molar-refractivity contribution >= 4 is 11.8 Å². The molecule has 3 rings (SSSR count). The summed E-state index contributed by atoms with van der Waals surface area (Å²) in [6.45, 7) is 9.89. The summed E-state index contributed by atoms with van der Waals surface area (Å²) in [4.78, 5) is 32.6. The van der Waals surface area contributed by atoms with Gasteiger partial charge in [-0.1, -0.05) is 45.0 Å². The molecule has 2 amide bonds. The Labute approximate surface area is 260 Å². The van der Waals surface area contributed by atoms with Gasteiger partial charge < -0.3 is 20.7 Å². The van der Waals surface area contributed by atoms with Gasteiger partial charge in [0.25, 0.3) is 0 Å². The normalized spacial score (nSPS) is 12.5. The quantitative estimate of drug-likeness (QED) is 0.219. The average molecular weight is 609 g/mol. The molecule has 0 saturated heterocycles. The fraction of sp³-hybridized carbons (Fsp3) is 0.457. The zero-order chi connectivity index (χ0) is 32.1. The maximum atomic E-state index is 14.0. The van der Waals surface area contributed by atoms with Crippen LogP contribution in [0.1, 0.15) is 67.3 Å². The number of rotatable bonds is 17. The number of aryl methyl sites for hydroxylation is 2. The number of carbonyl (C=O) groups excluding carboxylic acids is 2. The van der Waals surface area contributed by atoms with Crippen molar-refractivity contribution < 1.29 is 23.1 Å². The molecule has 2 atom stereocenters. The number of nitrogens with zero attached hydrogens (tertiary/aromatic N) is 2. The number of amides is 2. The SMILES string of the molecule is CCCN(CCC)C(=O)Cc1cc(C)nc(CC(=O)N[C@@H](Cc2cc(F)cc(F)c2)C(N)COCc2cccc(CC)c2)c1. The highest BCUT2D eigenvalue weighted by Gasteiger charge is 2.23. The summed E-state index contributed by atoms with van der Waals surface area (Å²) in [7, 11) is 0. The van der Waals surface area contributed by atoms with Crippen LogP contribution in [-0.4, -0.2) is 53.5 Å². The molecule has 0 aliphatic rings. The third-order valence-corrected chi connectivity index (χ3v) is 7.32. The number of pyridine rings is 1. The lowest BCUT2D eigenvalue weighted by Gasteiger charge is -2.25.